The number of aryl methyl sites for hydroxylation is 2. The Morgan fingerprint density at radius 3 is 2.62 bits per heavy atom. The van der Waals surface area contributed by atoms with Gasteiger partial charge < -0.3 is 4.74 Å². The average Bonchev–Trinajstić information content (AvgIpc) is 2.71. The van der Waals surface area contributed by atoms with Gasteiger partial charge in [0, 0.05) is 10.6 Å². The molecule has 0 bridgehead atoms. The van der Waals surface area contributed by atoms with E-state index in [0.717, 1.165) is 27.8 Å². The standard InChI is InChI=1S/C24H23ClN2O2/c1-17-7-8-18(2)21(13-17)14-24(28)27-26-15-20-5-3-4-6-23(20)29-16-19-9-11-22(25)12-10-19/h3-13,15H,14,16H2,1-2H3,(H,27,28)/b26-15+. The lowest BCUT2D eigenvalue weighted by atomic mass is 10.0. The Morgan fingerprint density at radius 2 is 1.83 bits per heavy atom. The van der Waals surface area contributed by atoms with Crippen molar-refractivity contribution in [2.24, 2.45) is 5.10 Å². The van der Waals surface area contributed by atoms with E-state index in [1.807, 2.05) is 80.6 Å². The van der Waals surface area contributed by atoms with Crippen molar-refractivity contribution in [3.63, 3.8) is 0 Å². The molecule has 0 fully saturated rings. The van der Waals surface area contributed by atoms with Gasteiger partial charge in [0.1, 0.15) is 12.4 Å². The number of carbonyl (C=O) groups excluding carboxylic acids is 1. The molecule has 0 aliphatic heterocycles. The molecule has 0 spiro atoms. The van der Waals surface area contributed by atoms with Gasteiger partial charge in [0.25, 0.3) is 0 Å². The van der Waals surface area contributed by atoms with Crippen LogP contribution in [-0.4, -0.2) is 12.1 Å². The van der Waals surface area contributed by atoms with Crippen molar-refractivity contribution in [1.82, 2.24) is 5.43 Å². The molecule has 0 aromatic heterocycles. The Balaban J connectivity index is 1.59. The summed E-state index contributed by atoms with van der Waals surface area (Å²) < 4.78 is 5.90. The van der Waals surface area contributed by atoms with Crippen molar-refractivity contribution < 1.29 is 9.53 Å². The number of ether oxygens (including phenoxy) is 1. The van der Waals surface area contributed by atoms with E-state index in [1.165, 1.54) is 0 Å². The van der Waals surface area contributed by atoms with Crippen LogP contribution in [0.5, 0.6) is 5.75 Å². The number of para-hydroxylation sites is 1. The smallest absolute Gasteiger partial charge is 0.244 e. The Labute approximate surface area is 176 Å². The van der Waals surface area contributed by atoms with Gasteiger partial charge in [0.05, 0.1) is 12.6 Å². The molecule has 0 saturated carbocycles. The summed E-state index contributed by atoms with van der Waals surface area (Å²) in [6.45, 7) is 4.43. The third-order valence-electron chi connectivity index (χ3n) is 4.48. The summed E-state index contributed by atoms with van der Waals surface area (Å²) in [5, 5.41) is 4.79. The first-order valence-electron chi connectivity index (χ1n) is 9.35. The molecular formula is C24H23ClN2O2. The van der Waals surface area contributed by atoms with E-state index in [1.54, 1.807) is 6.21 Å². The van der Waals surface area contributed by atoms with Gasteiger partial charge in [-0.15, -0.1) is 0 Å². The molecule has 0 saturated heterocycles. The summed E-state index contributed by atoms with van der Waals surface area (Å²) >= 11 is 5.91. The number of nitrogens with one attached hydrogen (secondary N) is 1. The van der Waals surface area contributed by atoms with Gasteiger partial charge in [-0.2, -0.15) is 5.10 Å². The summed E-state index contributed by atoms with van der Waals surface area (Å²) in [5.41, 5.74) is 7.63. The lowest BCUT2D eigenvalue weighted by Gasteiger charge is -2.09. The van der Waals surface area contributed by atoms with Crippen molar-refractivity contribution in [1.29, 1.82) is 0 Å². The topological polar surface area (TPSA) is 50.7 Å². The number of rotatable bonds is 7. The van der Waals surface area contributed by atoms with Crippen LogP contribution in [0.3, 0.4) is 0 Å². The largest absolute Gasteiger partial charge is 0.488 e. The molecule has 1 amide bonds. The first-order chi connectivity index (χ1) is 14.0. The molecule has 3 aromatic carbocycles. The summed E-state index contributed by atoms with van der Waals surface area (Å²) in [7, 11) is 0. The third kappa shape index (κ3) is 6.19. The van der Waals surface area contributed by atoms with Crippen LogP contribution >= 0.6 is 11.6 Å². The second-order valence-electron chi connectivity index (χ2n) is 6.85. The summed E-state index contributed by atoms with van der Waals surface area (Å²) in [6.07, 6.45) is 1.89. The molecule has 0 heterocycles. The zero-order chi connectivity index (χ0) is 20.6. The molecule has 0 radical (unpaired) electrons. The molecule has 0 atom stereocenters. The van der Waals surface area contributed by atoms with Gasteiger partial charge in [0.2, 0.25) is 5.91 Å². The average molecular weight is 407 g/mol. The van der Waals surface area contributed by atoms with E-state index >= 15 is 0 Å². The maximum atomic E-state index is 12.2. The Hall–Kier alpha value is -3.11. The van der Waals surface area contributed by atoms with E-state index in [-0.39, 0.29) is 5.91 Å². The molecule has 3 rings (SSSR count). The monoisotopic (exact) mass is 406 g/mol. The van der Waals surface area contributed by atoms with Gasteiger partial charge >= 0.3 is 0 Å². The minimum atomic E-state index is -0.158. The molecule has 0 aliphatic carbocycles. The van der Waals surface area contributed by atoms with Gasteiger partial charge in [-0.25, -0.2) is 5.43 Å². The van der Waals surface area contributed by atoms with Crippen LogP contribution in [0.25, 0.3) is 0 Å². The normalized spacial score (nSPS) is 10.9. The molecule has 3 aromatic rings. The zero-order valence-electron chi connectivity index (χ0n) is 16.5. The molecule has 0 unspecified atom stereocenters. The van der Waals surface area contributed by atoms with Crippen LogP contribution in [0, 0.1) is 13.8 Å². The minimum absolute atomic E-state index is 0.158. The van der Waals surface area contributed by atoms with Crippen molar-refractivity contribution in [2.75, 3.05) is 0 Å². The summed E-state index contributed by atoms with van der Waals surface area (Å²) in [5.74, 6) is 0.532. The molecular weight excluding hydrogens is 384 g/mol. The van der Waals surface area contributed by atoms with Crippen molar-refractivity contribution >= 4 is 23.7 Å². The van der Waals surface area contributed by atoms with Crippen molar-refractivity contribution in [3.05, 3.63) is 99.6 Å². The molecule has 29 heavy (non-hydrogen) atoms. The lowest BCUT2D eigenvalue weighted by Crippen LogP contribution is -2.20. The SMILES string of the molecule is Cc1ccc(C)c(CC(=O)N/N=C/c2ccccc2OCc2ccc(Cl)cc2)c1. The number of halogens is 1. The van der Waals surface area contributed by atoms with Crippen LogP contribution in [0.2, 0.25) is 5.02 Å². The third-order valence-corrected chi connectivity index (χ3v) is 4.73. The molecule has 0 aliphatic rings. The second kappa shape index (κ2) is 9.89. The first-order valence-corrected chi connectivity index (χ1v) is 9.73. The highest BCUT2D eigenvalue weighted by Crippen LogP contribution is 2.18. The van der Waals surface area contributed by atoms with Crippen LogP contribution in [-0.2, 0) is 17.8 Å². The Bertz CT molecular complexity index is 1010. The highest BCUT2D eigenvalue weighted by Gasteiger charge is 2.06. The maximum Gasteiger partial charge on any atom is 0.244 e. The molecule has 148 valence electrons. The van der Waals surface area contributed by atoms with Crippen molar-refractivity contribution in [3.8, 4) is 5.75 Å². The van der Waals surface area contributed by atoms with E-state index in [9.17, 15) is 4.79 Å². The predicted octanol–water partition coefficient (Wildman–Crippen LogP) is 5.23. The van der Waals surface area contributed by atoms with Crippen LogP contribution in [0.4, 0.5) is 0 Å². The lowest BCUT2D eigenvalue weighted by molar-refractivity contribution is -0.120. The first kappa shape index (κ1) is 20.6. The molecule has 4 nitrogen and oxygen atoms in total. The summed E-state index contributed by atoms with van der Waals surface area (Å²) in [4.78, 5) is 12.2. The number of benzene rings is 3. The van der Waals surface area contributed by atoms with Crippen molar-refractivity contribution in [2.45, 2.75) is 26.9 Å². The Kier molecular flexibility index (Phi) is 7.04. The van der Waals surface area contributed by atoms with Crippen LogP contribution in [0.15, 0.2) is 71.8 Å². The minimum Gasteiger partial charge on any atom is -0.488 e. The highest BCUT2D eigenvalue weighted by molar-refractivity contribution is 6.30. The molecule has 5 heteroatoms. The van der Waals surface area contributed by atoms with Gasteiger partial charge in [-0.05, 0) is 54.8 Å². The maximum absolute atomic E-state index is 12.2. The number of amides is 1. The fourth-order valence-corrected chi connectivity index (χ4v) is 2.96. The zero-order valence-corrected chi connectivity index (χ0v) is 17.2. The predicted molar refractivity (Wildman–Crippen MR) is 118 cm³/mol. The molecule has 1 N–H and O–H groups in total. The van der Waals surface area contributed by atoms with Gasteiger partial charge in [0.15, 0.2) is 0 Å². The van der Waals surface area contributed by atoms with E-state index < -0.39 is 0 Å². The van der Waals surface area contributed by atoms with E-state index in [0.29, 0.717) is 23.8 Å². The highest BCUT2D eigenvalue weighted by atomic mass is 35.5. The number of hydrazone groups is 1. The number of hydrogen-bond donors (Lipinski definition) is 1. The fourth-order valence-electron chi connectivity index (χ4n) is 2.84. The van der Waals surface area contributed by atoms with Gasteiger partial charge in [-0.3, -0.25) is 4.79 Å². The number of nitrogens with zero attached hydrogens (tertiary/aromatic N) is 1. The second-order valence-corrected chi connectivity index (χ2v) is 7.29. The Morgan fingerprint density at radius 1 is 1.07 bits per heavy atom. The fraction of sp³-hybridized carbons (Fsp3) is 0.167. The van der Waals surface area contributed by atoms with E-state index in [2.05, 4.69) is 10.5 Å². The number of carbonyl (C=O) groups is 1. The number of hydrogen-bond acceptors (Lipinski definition) is 3. The van der Waals surface area contributed by atoms with Crippen LogP contribution < -0.4 is 10.2 Å². The summed E-state index contributed by atoms with van der Waals surface area (Å²) in [6, 6.07) is 21.1. The van der Waals surface area contributed by atoms with E-state index in [4.69, 9.17) is 16.3 Å². The van der Waals surface area contributed by atoms with Crippen LogP contribution in [0.1, 0.15) is 27.8 Å². The quantitative estimate of drug-likeness (QED) is 0.431. The van der Waals surface area contributed by atoms with Gasteiger partial charge in [-0.1, -0.05) is 59.6 Å².